The van der Waals surface area contributed by atoms with Crippen LogP contribution in [0.2, 0.25) is 0 Å². The first-order valence-corrected chi connectivity index (χ1v) is 5.55. The minimum Gasteiger partial charge on any atom is -0.248 e. The molecule has 0 rings (SSSR count). The molecule has 12 heteroatoms. The van der Waals surface area contributed by atoms with Crippen LogP contribution in [0.4, 0.5) is 21.6 Å². The Balaban J connectivity index is 4.32. The monoisotopic (exact) mass is 263 g/mol. The lowest BCUT2D eigenvalue weighted by atomic mass is 10.7. The third-order valence-corrected chi connectivity index (χ3v) is 2.77. The zero-order valence-corrected chi connectivity index (χ0v) is 7.80. The van der Waals surface area contributed by atoms with E-state index in [2.05, 4.69) is 4.18 Å². The Morgan fingerprint density at radius 2 is 1.71 bits per heavy atom. The highest BCUT2D eigenvalue weighted by molar-refractivity contribution is 7.90. The molecule has 0 aliphatic carbocycles. The molecule has 0 aliphatic rings. The zero-order chi connectivity index (χ0) is 11.6. The van der Waals surface area contributed by atoms with Crippen molar-refractivity contribution >= 4 is 18.2 Å². The van der Waals surface area contributed by atoms with Gasteiger partial charge in [0.15, 0.2) is 6.61 Å². The molecule has 0 fully saturated rings. The standard InChI is InChI=1S/C2H3F5NO4PS/c3-2(4,5)1-12-14(10,11)8-13(6,7)9/h1H2,(H,8,9). The van der Waals surface area contributed by atoms with Gasteiger partial charge in [0, 0.05) is 0 Å². The van der Waals surface area contributed by atoms with E-state index in [0.29, 0.717) is 0 Å². The molecular weight excluding hydrogens is 260 g/mol. The van der Waals surface area contributed by atoms with Crippen LogP contribution in [-0.4, -0.2) is 21.2 Å². The van der Waals surface area contributed by atoms with Crippen LogP contribution in [0, 0.1) is 0 Å². The third-order valence-electron chi connectivity index (χ3n) is 0.596. The summed E-state index contributed by atoms with van der Waals surface area (Å²) in [5.41, 5.74) is 0. The van der Waals surface area contributed by atoms with Gasteiger partial charge in [-0.15, -0.1) is 8.39 Å². The van der Waals surface area contributed by atoms with Crippen molar-refractivity contribution in [1.82, 2.24) is 4.49 Å². The van der Waals surface area contributed by atoms with Crippen molar-refractivity contribution < 1.29 is 38.7 Å². The van der Waals surface area contributed by atoms with Crippen LogP contribution in [-0.2, 0) is 19.1 Å². The zero-order valence-electron chi connectivity index (χ0n) is 6.09. The molecule has 0 spiro atoms. The lowest BCUT2D eigenvalue weighted by Crippen LogP contribution is -2.27. The van der Waals surface area contributed by atoms with E-state index in [9.17, 15) is 34.5 Å². The average molecular weight is 263 g/mol. The van der Waals surface area contributed by atoms with Crippen LogP contribution < -0.4 is 4.49 Å². The normalized spacial score (nSPS) is 14.4. The Labute approximate surface area is 75.2 Å². The van der Waals surface area contributed by atoms with Gasteiger partial charge >= 0.3 is 24.4 Å². The van der Waals surface area contributed by atoms with Crippen LogP contribution in [0.1, 0.15) is 0 Å². The molecule has 0 aromatic carbocycles. The molecule has 1 N–H and O–H groups in total. The molecular formula is C2H3F5NO4PS. The largest absolute Gasteiger partial charge is 0.495 e. The molecule has 0 amide bonds. The molecule has 0 saturated heterocycles. The van der Waals surface area contributed by atoms with E-state index in [4.69, 9.17) is 0 Å². The van der Waals surface area contributed by atoms with Crippen LogP contribution in [0.3, 0.4) is 0 Å². The van der Waals surface area contributed by atoms with Gasteiger partial charge in [-0.25, -0.2) is 8.75 Å². The van der Waals surface area contributed by atoms with Gasteiger partial charge in [-0.2, -0.15) is 21.6 Å². The highest BCUT2D eigenvalue weighted by Gasteiger charge is 2.34. The van der Waals surface area contributed by atoms with Crippen molar-refractivity contribution in [2.24, 2.45) is 0 Å². The molecule has 0 heterocycles. The van der Waals surface area contributed by atoms with E-state index in [1.807, 2.05) is 0 Å². The first-order valence-electron chi connectivity index (χ1n) is 2.66. The summed E-state index contributed by atoms with van der Waals surface area (Å²) >= 11 is 0. The highest BCUT2D eigenvalue weighted by atomic mass is 32.2. The summed E-state index contributed by atoms with van der Waals surface area (Å²) < 4.78 is 90.3. The maximum absolute atomic E-state index is 11.5. The van der Waals surface area contributed by atoms with Crippen molar-refractivity contribution in [3.8, 4) is 0 Å². The van der Waals surface area contributed by atoms with E-state index in [0.717, 1.165) is 0 Å². The van der Waals surface area contributed by atoms with Crippen molar-refractivity contribution in [2.75, 3.05) is 6.61 Å². The minimum absolute atomic E-state index is 0.140. The van der Waals surface area contributed by atoms with E-state index in [1.165, 1.54) is 0 Å². The Morgan fingerprint density at radius 3 is 2.00 bits per heavy atom. The van der Waals surface area contributed by atoms with E-state index in [1.54, 1.807) is 0 Å². The highest BCUT2D eigenvalue weighted by Crippen LogP contribution is 2.45. The lowest BCUT2D eigenvalue weighted by molar-refractivity contribution is -0.152. The molecule has 0 aliphatic heterocycles. The van der Waals surface area contributed by atoms with Gasteiger partial charge in [-0.1, -0.05) is 4.49 Å². The number of alkyl halides is 3. The molecule has 0 bridgehead atoms. The van der Waals surface area contributed by atoms with Crippen molar-refractivity contribution in [3.63, 3.8) is 0 Å². The molecule has 5 nitrogen and oxygen atoms in total. The van der Waals surface area contributed by atoms with Crippen molar-refractivity contribution in [2.45, 2.75) is 6.18 Å². The maximum atomic E-state index is 11.5. The maximum Gasteiger partial charge on any atom is 0.495 e. The molecule has 0 aromatic heterocycles. The van der Waals surface area contributed by atoms with Gasteiger partial charge in [0.1, 0.15) is 0 Å². The van der Waals surface area contributed by atoms with Crippen LogP contribution in [0.15, 0.2) is 0 Å². The number of hydrogen-bond donors (Lipinski definition) is 1. The van der Waals surface area contributed by atoms with E-state index in [-0.39, 0.29) is 4.49 Å². The summed E-state index contributed by atoms with van der Waals surface area (Å²) in [5.74, 6) is 0. The Morgan fingerprint density at radius 1 is 1.29 bits per heavy atom. The number of hydrogen-bond acceptors (Lipinski definition) is 4. The minimum atomic E-state index is -6.20. The molecule has 0 aromatic rings. The number of nitrogens with one attached hydrogen (secondary N) is 1. The molecule has 0 radical (unpaired) electrons. The second-order valence-corrected chi connectivity index (χ2v) is 4.68. The summed E-state index contributed by atoms with van der Waals surface area (Å²) in [6.45, 7) is -2.28. The number of halogens is 5. The summed E-state index contributed by atoms with van der Waals surface area (Å²) in [6.07, 6.45) is -4.99. The predicted octanol–water partition coefficient (Wildman–Crippen LogP) is 1.45. The number of rotatable bonds is 4. The first-order chi connectivity index (χ1) is 5.91. The SMILES string of the molecule is O=P(F)(F)NS(=O)(=O)OCC(F)(F)F. The van der Waals surface area contributed by atoms with Crippen LogP contribution >= 0.6 is 7.91 Å². The van der Waals surface area contributed by atoms with Gasteiger partial charge in [0.2, 0.25) is 0 Å². The Hall–Kier alpha value is -0.250. The topological polar surface area (TPSA) is 72.5 Å². The van der Waals surface area contributed by atoms with E-state index >= 15 is 0 Å². The predicted molar refractivity (Wildman–Crippen MR) is 33.9 cm³/mol. The second kappa shape index (κ2) is 4.09. The fraction of sp³-hybridized carbons (Fsp3) is 1.00. The van der Waals surface area contributed by atoms with Gasteiger partial charge in [0.05, 0.1) is 0 Å². The van der Waals surface area contributed by atoms with Gasteiger partial charge < -0.3 is 0 Å². The molecule has 0 atom stereocenters. The van der Waals surface area contributed by atoms with Crippen molar-refractivity contribution in [1.29, 1.82) is 0 Å². The fourth-order valence-electron chi connectivity index (χ4n) is 0.301. The summed E-state index contributed by atoms with van der Waals surface area (Å²) in [5, 5.41) is 0. The fourth-order valence-corrected chi connectivity index (χ4v) is 1.84. The lowest BCUT2D eigenvalue weighted by Gasteiger charge is -2.07. The summed E-state index contributed by atoms with van der Waals surface area (Å²) in [7, 11) is -11.6. The Bertz CT molecular complexity index is 330. The molecule has 0 unspecified atom stereocenters. The van der Waals surface area contributed by atoms with Gasteiger partial charge in [-0.3, -0.25) is 0 Å². The van der Waals surface area contributed by atoms with Crippen molar-refractivity contribution in [3.05, 3.63) is 0 Å². The smallest absolute Gasteiger partial charge is 0.248 e. The van der Waals surface area contributed by atoms with Crippen LogP contribution in [0.5, 0.6) is 0 Å². The molecule has 14 heavy (non-hydrogen) atoms. The first kappa shape index (κ1) is 13.8. The summed E-state index contributed by atoms with van der Waals surface area (Å²) in [4.78, 5) is 0. The summed E-state index contributed by atoms with van der Waals surface area (Å²) in [6, 6.07) is 0. The Kier molecular flexibility index (Phi) is 4.02. The van der Waals surface area contributed by atoms with Gasteiger partial charge in [-0.05, 0) is 0 Å². The van der Waals surface area contributed by atoms with E-state index < -0.39 is 31.0 Å². The second-order valence-electron chi connectivity index (χ2n) is 1.88. The third kappa shape index (κ3) is 8.35. The average Bonchev–Trinajstić information content (AvgIpc) is 1.76. The molecule has 86 valence electrons. The molecule has 0 saturated carbocycles. The van der Waals surface area contributed by atoms with Gasteiger partial charge in [0.25, 0.3) is 0 Å². The quantitative estimate of drug-likeness (QED) is 0.615. The van der Waals surface area contributed by atoms with Crippen LogP contribution in [0.25, 0.3) is 0 Å².